The molecule has 1 aliphatic rings. The van der Waals surface area contributed by atoms with Crippen LogP contribution in [0, 0.1) is 0 Å². The van der Waals surface area contributed by atoms with Crippen molar-refractivity contribution in [1.29, 1.82) is 0 Å². The summed E-state index contributed by atoms with van der Waals surface area (Å²) in [5, 5.41) is 0.910. The van der Waals surface area contributed by atoms with E-state index in [1.54, 1.807) is 17.2 Å². The van der Waals surface area contributed by atoms with E-state index in [9.17, 15) is 9.59 Å². The van der Waals surface area contributed by atoms with Crippen LogP contribution in [-0.2, 0) is 16.0 Å². The second-order valence-electron chi connectivity index (χ2n) is 7.68. The second-order valence-corrected chi connectivity index (χ2v) is 7.68. The van der Waals surface area contributed by atoms with Crippen molar-refractivity contribution >= 4 is 23.0 Å². The lowest BCUT2D eigenvalue weighted by Crippen LogP contribution is -2.49. The van der Waals surface area contributed by atoms with E-state index in [4.69, 9.17) is 13.9 Å². The first-order chi connectivity index (χ1) is 12.8. The number of rotatable bonds is 3. The number of furan rings is 1. The van der Waals surface area contributed by atoms with Crippen molar-refractivity contribution < 1.29 is 23.5 Å². The van der Waals surface area contributed by atoms with Crippen molar-refractivity contribution in [3.8, 4) is 0 Å². The number of nitrogens with zero attached hydrogens (tertiary/aromatic N) is 2. The van der Waals surface area contributed by atoms with Gasteiger partial charge in [-0.05, 0) is 26.8 Å². The number of methoxy groups -OCH3 is 1. The smallest absolute Gasteiger partial charge is 0.410 e. The zero-order valence-electron chi connectivity index (χ0n) is 16.3. The Kier molecular flexibility index (Phi) is 5.41. The first-order valence-corrected chi connectivity index (χ1v) is 9.06. The highest BCUT2D eigenvalue weighted by Gasteiger charge is 2.26. The minimum Gasteiger partial charge on any atom is -0.465 e. The molecule has 1 aromatic carbocycles. The number of hydrogen-bond donors (Lipinski definition) is 0. The average molecular weight is 374 g/mol. The molecule has 0 bridgehead atoms. The molecule has 1 saturated heterocycles. The fourth-order valence-corrected chi connectivity index (χ4v) is 3.16. The van der Waals surface area contributed by atoms with Gasteiger partial charge in [0.25, 0.3) is 0 Å². The van der Waals surface area contributed by atoms with Gasteiger partial charge in [0.15, 0.2) is 0 Å². The highest BCUT2D eigenvalue weighted by atomic mass is 16.6. The van der Waals surface area contributed by atoms with E-state index in [1.807, 2.05) is 32.9 Å². The monoisotopic (exact) mass is 374 g/mol. The molecule has 146 valence electrons. The number of esters is 1. The van der Waals surface area contributed by atoms with E-state index >= 15 is 0 Å². The third-order valence-corrected chi connectivity index (χ3v) is 4.50. The largest absolute Gasteiger partial charge is 0.465 e. The van der Waals surface area contributed by atoms with Crippen LogP contribution in [0.25, 0.3) is 11.0 Å². The predicted molar refractivity (Wildman–Crippen MR) is 101 cm³/mol. The maximum Gasteiger partial charge on any atom is 0.410 e. The third kappa shape index (κ3) is 4.42. The van der Waals surface area contributed by atoms with Gasteiger partial charge in [-0.3, -0.25) is 4.90 Å². The number of amides is 1. The summed E-state index contributed by atoms with van der Waals surface area (Å²) >= 11 is 0. The number of piperazine rings is 1. The fourth-order valence-electron chi connectivity index (χ4n) is 3.16. The summed E-state index contributed by atoms with van der Waals surface area (Å²) in [6.07, 6.45) is 1.43. The van der Waals surface area contributed by atoms with Crippen molar-refractivity contribution in [2.45, 2.75) is 32.9 Å². The third-order valence-electron chi connectivity index (χ3n) is 4.50. The Morgan fingerprint density at radius 1 is 1.15 bits per heavy atom. The summed E-state index contributed by atoms with van der Waals surface area (Å²) in [6, 6.07) is 5.46. The highest BCUT2D eigenvalue weighted by molar-refractivity contribution is 6.02. The van der Waals surface area contributed by atoms with Crippen molar-refractivity contribution in [2.75, 3.05) is 33.3 Å². The Hall–Kier alpha value is -2.54. The molecule has 1 aliphatic heterocycles. The minimum absolute atomic E-state index is 0.265. The molecule has 0 spiro atoms. The lowest BCUT2D eigenvalue weighted by molar-refractivity contribution is 0.0139. The van der Waals surface area contributed by atoms with Crippen LogP contribution in [0.3, 0.4) is 0 Å². The van der Waals surface area contributed by atoms with E-state index < -0.39 is 11.6 Å². The van der Waals surface area contributed by atoms with Gasteiger partial charge >= 0.3 is 12.1 Å². The van der Waals surface area contributed by atoms with Crippen LogP contribution >= 0.6 is 0 Å². The molecule has 0 radical (unpaired) electrons. The van der Waals surface area contributed by atoms with E-state index in [2.05, 4.69) is 4.90 Å². The number of carbonyl (C=O) groups excluding carboxylic acids is 2. The quantitative estimate of drug-likeness (QED) is 0.768. The molecule has 1 amide bonds. The Morgan fingerprint density at radius 3 is 2.48 bits per heavy atom. The van der Waals surface area contributed by atoms with Gasteiger partial charge in [0, 0.05) is 43.7 Å². The Balaban J connectivity index is 1.64. The van der Waals surface area contributed by atoms with Crippen molar-refractivity contribution in [1.82, 2.24) is 9.80 Å². The highest BCUT2D eigenvalue weighted by Crippen LogP contribution is 2.26. The molecule has 7 nitrogen and oxygen atoms in total. The normalized spacial score (nSPS) is 15.8. The summed E-state index contributed by atoms with van der Waals surface area (Å²) in [6.45, 7) is 9.05. The van der Waals surface area contributed by atoms with Gasteiger partial charge in [-0.1, -0.05) is 12.1 Å². The number of benzene rings is 1. The van der Waals surface area contributed by atoms with E-state index in [-0.39, 0.29) is 6.09 Å². The SMILES string of the molecule is COC(=O)c1cccc2c(CN3CCN(C(=O)OC(C)(C)C)CC3)coc12. The molecule has 27 heavy (non-hydrogen) atoms. The van der Waals surface area contributed by atoms with E-state index in [1.165, 1.54) is 7.11 Å². The molecular weight excluding hydrogens is 348 g/mol. The van der Waals surface area contributed by atoms with Crippen molar-refractivity contribution in [2.24, 2.45) is 0 Å². The molecule has 0 aliphatic carbocycles. The zero-order chi connectivity index (χ0) is 19.6. The summed E-state index contributed by atoms with van der Waals surface area (Å²) in [5.41, 5.74) is 1.51. The first kappa shape index (κ1) is 19.2. The second kappa shape index (κ2) is 7.60. The number of hydrogen-bond acceptors (Lipinski definition) is 6. The van der Waals surface area contributed by atoms with Gasteiger partial charge in [-0.15, -0.1) is 0 Å². The molecular formula is C20H26N2O5. The fraction of sp³-hybridized carbons (Fsp3) is 0.500. The van der Waals surface area contributed by atoms with E-state index in [0.717, 1.165) is 24.0 Å². The number of ether oxygens (including phenoxy) is 2. The molecule has 0 N–H and O–H groups in total. The lowest BCUT2D eigenvalue weighted by Gasteiger charge is -2.35. The molecule has 0 unspecified atom stereocenters. The number of para-hydroxylation sites is 1. The minimum atomic E-state index is -0.485. The predicted octanol–water partition coefficient (Wildman–Crippen LogP) is 3.27. The van der Waals surface area contributed by atoms with Crippen LogP contribution in [0.1, 0.15) is 36.7 Å². The van der Waals surface area contributed by atoms with Gasteiger partial charge in [0.05, 0.1) is 13.4 Å². The summed E-state index contributed by atoms with van der Waals surface area (Å²) < 4.78 is 15.9. The van der Waals surface area contributed by atoms with Crippen molar-refractivity contribution in [3.05, 3.63) is 35.6 Å². The molecule has 1 aromatic heterocycles. The van der Waals surface area contributed by atoms with Crippen LogP contribution in [0.15, 0.2) is 28.9 Å². The van der Waals surface area contributed by atoms with Gasteiger partial charge in [-0.2, -0.15) is 0 Å². The number of fused-ring (bicyclic) bond motifs is 1. The molecule has 0 saturated carbocycles. The van der Waals surface area contributed by atoms with E-state index in [0.29, 0.717) is 30.8 Å². The standard InChI is InChI=1S/C20H26N2O5/c1-20(2,3)27-19(24)22-10-8-21(9-11-22)12-14-13-26-17-15(14)6-5-7-16(17)18(23)25-4/h5-7,13H,8-12H2,1-4H3. The molecule has 2 heterocycles. The first-order valence-electron chi connectivity index (χ1n) is 9.06. The van der Waals surface area contributed by atoms with Gasteiger partial charge in [-0.25, -0.2) is 9.59 Å². The van der Waals surface area contributed by atoms with Crippen LogP contribution in [0.5, 0.6) is 0 Å². The van der Waals surface area contributed by atoms with Crippen LogP contribution < -0.4 is 0 Å². The van der Waals surface area contributed by atoms with Gasteiger partial charge in [0.2, 0.25) is 0 Å². The Labute approximate surface area is 158 Å². The maximum atomic E-state index is 12.2. The van der Waals surface area contributed by atoms with Crippen LogP contribution in [0.2, 0.25) is 0 Å². The summed E-state index contributed by atoms with van der Waals surface area (Å²) in [4.78, 5) is 28.1. The lowest BCUT2D eigenvalue weighted by atomic mass is 10.1. The van der Waals surface area contributed by atoms with Gasteiger partial charge < -0.3 is 18.8 Å². The number of carbonyl (C=O) groups is 2. The maximum absolute atomic E-state index is 12.2. The molecule has 7 heteroatoms. The van der Waals surface area contributed by atoms with Crippen LogP contribution in [-0.4, -0.2) is 60.8 Å². The Morgan fingerprint density at radius 2 is 1.85 bits per heavy atom. The molecule has 3 rings (SSSR count). The van der Waals surface area contributed by atoms with Crippen LogP contribution in [0.4, 0.5) is 4.79 Å². The topological polar surface area (TPSA) is 72.2 Å². The van der Waals surface area contributed by atoms with Crippen molar-refractivity contribution in [3.63, 3.8) is 0 Å². The average Bonchev–Trinajstić information content (AvgIpc) is 3.03. The summed E-state index contributed by atoms with van der Waals surface area (Å²) in [7, 11) is 1.36. The molecule has 2 aromatic rings. The zero-order valence-corrected chi connectivity index (χ0v) is 16.3. The molecule has 1 fully saturated rings. The summed E-state index contributed by atoms with van der Waals surface area (Å²) in [5.74, 6) is -0.410. The molecule has 0 atom stereocenters. The van der Waals surface area contributed by atoms with Gasteiger partial charge in [0.1, 0.15) is 16.7 Å². The Bertz CT molecular complexity index is 828.